The first-order chi connectivity index (χ1) is 13.2. The lowest BCUT2D eigenvalue weighted by molar-refractivity contribution is -0.138. The van der Waals surface area contributed by atoms with Crippen LogP contribution in [0.5, 0.6) is 0 Å². The molecule has 4 rings (SSSR count). The fourth-order valence-electron chi connectivity index (χ4n) is 3.73. The summed E-state index contributed by atoms with van der Waals surface area (Å²) in [5, 5.41) is 0. The van der Waals surface area contributed by atoms with Gasteiger partial charge in [-0.05, 0) is 31.4 Å². The maximum absolute atomic E-state index is 13.1. The molecule has 8 nitrogen and oxygen atoms in total. The number of hydrogen-bond acceptors (Lipinski definition) is 6. The molecule has 2 aliphatic heterocycles. The van der Waals surface area contributed by atoms with Crippen molar-refractivity contribution in [1.82, 2.24) is 19.8 Å². The van der Waals surface area contributed by atoms with Crippen LogP contribution in [-0.2, 0) is 22.5 Å². The standard InChI is InChI=1S/C19H22N4O4/c1-26-19(25)23-9-3-2-6-15(23)18(24)22-10-7-16-14(12-22)21-17(27-16)13-5-4-8-20-11-13/h4-5,8,11,15H,2-3,6-7,9-10,12H2,1H3. The van der Waals surface area contributed by atoms with Gasteiger partial charge in [-0.15, -0.1) is 0 Å². The van der Waals surface area contributed by atoms with Crippen LogP contribution in [0.25, 0.3) is 11.5 Å². The lowest BCUT2D eigenvalue weighted by Gasteiger charge is -2.37. The number of fused-ring (bicyclic) bond motifs is 1. The number of methoxy groups -OCH3 is 1. The van der Waals surface area contributed by atoms with Crippen LogP contribution in [-0.4, -0.2) is 58.0 Å². The molecular weight excluding hydrogens is 348 g/mol. The van der Waals surface area contributed by atoms with Crippen LogP contribution in [0.15, 0.2) is 28.9 Å². The summed E-state index contributed by atoms with van der Waals surface area (Å²) >= 11 is 0. The van der Waals surface area contributed by atoms with E-state index in [0.29, 0.717) is 38.4 Å². The zero-order valence-electron chi connectivity index (χ0n) is 15.3. The molecule has 0 N–H and O–H groups in total. The van der Waals surface area contributed by atoms with Gasteiger partial charge in [-0.2, -0.15) is 0 Å². The monoisotopic (exact) mass is 370 g/mol. The maximum atomic E-state index is 13.1. The highest BCUT2D eigenvalue weighted by molar-refractivity contribution is 5.86. The Bertz CT molecular complexity index is 835. The van der Waals surface area contributed by atoms with Gasteiger partial charge in [-0.25, -0.2) is 9.78 Å². The molecule has 4 heterocycles. The van der Waals surface area contributed by atoms with Gasteiger partial charge in [0.2, 0.25) is 11.8 Å². The molecule has 0 aliphatic carbocycles. The van der Waals surface area contributed by atoms with Crippen LogP contribution >= 0.6 is 0 Å². The fourth-order valence-corrected chi connectivity index (χ4v) is 3.73. The number of hydrogen-bond donors (Lipinski definition) is 0. The van der Waals surface area contributed by atoms with E-state index in [4.69, 9.17) is 9.15 Å². The van der Waals surface area contributed by atoms with Gasteiger partial charge in [0.15, 0.2) is 0 Å². The van der Waals surface area contributed by atoms with Crippen LogP contribution < -0.4 is 0 Å². The summed E-state index contributed by atoms with van der Waals surface area (Å²) in [7, 11) is 1.35. The topological polar surface area (TPSA) is 88.8 Å². The SMILES string of the molecule is COC(=O)N1CCCCC1C(=O)N1CCc2oc(-c3cccnc3)nc2C1. The highest BCUT2D eigenvalue weighted by Crippen LogP contribution is 2.27. The third-order valence-corrected chi connectivity index (χ3v) is 5.14. The van der Waals surface area contributed by atoms with E-state index in [1.165, 1.54) is 7.11 Å². The van der Waals surface area contributed by atoms with Crippen molar-refractivity contribution in [1.29, 1.82) is 0 Å². The zero-order valence-corrected chi connectivity index (χ0v) is 15.3. The minimum absolute atomic E-state index is 0.0447. The van der Waals surface area contributed by atoms with E-state index in [-0.39, 0.29) is 5.91 Å². The van der Waals surface area contributed by atoms with Gasteiger partial charge in [0.05, 0.1) is 19.2 Å². The van der Waals surface area contributed by atoms with Crippen molar-refractivity contribution >= 4 is 12.0 Å². The van der Waals surface area contributed by atoms with Gasteiger partial charge >= 0.3 is 6.09 Å². The third kappa shape index (κ3) is 3.39. The summed E-state index contributed by atoms with van der Waals surface area (Å²) in [5.41, 5.74) is 1.59. The molecule has 2 aliphatic rings. The van der Waals surface area contributed by atoms with E-state index in [0.717, 1.165) is 29.9 Å². The zero-order chi connectivity index (χ0) is 18.8. The molecular formula is C19H22N4O4. The molecule has 1 atom stereocenters. The second-order valence-electron chi connectivity index (χ2n) is 6.82. The summed E-state index contributed by atoms with van der Waals surface area (Å²) in [5.74, 6) is 1.29. The number of rotatable bonds is 2. The number of pyridine rings is 1. The molecule has 2 aromatic heterocycles. The Morgan fingerprint density at radius 1 is 1.30 bits per heavy atom. The van der Waals surface area contributed by atoms with Crippen molar-refractivity contribution in [3.63, 3.8) is 0 Å². The number of carbonyl (C=O) groups is 2. The molecule has 142 valence electrons. The molecule has 2 aromatic rings. The summed E-state index contributed by atoms with van der Waals surface area (Å²) in [4.78, 5) is 37.1. The minimum atomic E-state index is -0.461. The molecule has 27 heavy (non-hydrogen) atoms. The Hall–Kier alpha value is -2.90. The first-order valence-corrected chi connectivity index (χ1v) is 9.19. The molecule has 0 radical (unpaired) electrons. The normalized spacial score (nSPS) is 19.5. The first kappa shape index (κ1) is 17.5. The summed E-state index contributed by atoms with van der Waals surface area (Å²) in [6.07, 6.45) is 6.06. The van der Waals surface area contributed by atoms with Crippen molar-refractivity contribution in [3.05, 3.63) is 36.0 Å². The lowest BCUT2D eigenvalue weighted by Crippen LogP contribution is -2.53. The first-order valence-electron chi connectivity index (χ1n) is 9.19. The van der Waals surface area contributed by atoms with Gasteiger partial charge in [0, 0.05) is 31.9 Å². The van der Waals surface area contributed by atoms with E-state index in [2.05, 4.69) is 9.97 Å². The summed E-state index contributed by atoms with van der Waals surface area (Å²) < 4.78 is 10.7. The van der Waals surface area contributed by atoms with Crippen LogP contribution in [0.4, 0.5) is 4.79 Å². The summed E-state index contributed by atoms with van der Waals surface area (Å²) in [6.45, 7) is 1.50. The van der Waals surface area contributed by atoms with Crippen LogP contribution in [0.3, 0.4) is 0 Å². The lowest BCUT2D eigenvalue weighted by atomic mass is 10.0. The van der Waals surface area contributed by atoms with Crippen molar-refractivity contribution in [2.24, 2.45) is 0 Å². The van der Waals surface area contributed by atoms with Gasteiger partial charge in [0.25, 0.3) is 0 Å². The number of carbonyl (C=O) groups excluding carboxylic acids is 2. The van der Waals surface area contributed by atoms with E-state index in [9.17, 15) is 9.59 Å². The largest absolute Gasteiger partial charge is 0.453 e. The van der Waals surface area contributed by atoms with Crippen molar-refractivity contribution in [2.45, 2.75) is 38.3 Å². The van der Waals surface area contributed by atoms with Crippen molar-refractivity contribution in [3.8, 4) is 11.5 Å². The van der Waals surface area contributed by atoms with Gasteiger partial charge in [-0.3, -0.25) is 14.7 Å². The average Bonchev–Trinajstić information content (AvgIpc) is 3.16. The number of aromatic nitrogens is 2. The number of ether oxygens (including phenoxy) is 1. The second kappa shape index (κ2) is 7.38. The molecule has 0 bridgehead atoms. The van der Waals surface area contributed by atoms with Crippen molar-refractivity contribution < 1.29 is 18.7 Å². The Labute approximate surface area is 157 Å². The maximum Gasteiger partial charge on any atom is 0.410 e. The highest BCUT2D eigenvalue weighted by Gasteiger charge is 2.37. The highest BCUT2D eigenvalue weighted by atomic mass is 16.5. The average molecular weight is 370 g/mol. The number of oxazole rings is 1. The molecule has 1 unspecified atom stereocenters. The van der Waals surface area contributed by atoms with E-state index in [1.54, 1.807) is 22.2 Å². The van der Waals surface area contributed by atoms with Crippen LogP contribution in [0, 0.1) is 0 Å². The van der Waals surface area contributed by atoms with Crippen LogP contribution in [0.1, 0.15) is 30.7 Å². The van der Waals surface area contributed by atoms with Gasteiger partial charge in [-0.1, -0.05) is 0 Å². The van der Waals surface area contributed by atoms with Crippen molar-refractivity contribution in [2.75, 3.05) is 20.2 Å². The van der Waals surface area contributed by atoms with Gasteiger partial charge < -0.3 is 14.1 Å². The predicted octanol–water partition coefficient (Wildman–Crippen LogP) is 2.24. The molecule has 2 amide bonds. The Morgan fingerprint density at radius 2 is 2.19 bits per heavy atom. The number of amides is 2. The summed E-state index contributed by atoms with van der Waals surface area (Å²) in [6, 6.07) is 3.26. The predicted molar refractivity (Wildman–Crippen MR) is 95.6 cm³/mol. The number of piperidine rings is 1. The quantitative estimate of drug-likeness (QED) is 0.805. The number of likely N-dealkylation sites (tertiary alicyclic amines) is 1. The molecule has 0 spiro atoms. The molecule has 1 saturated heterocycles. The smallest absolute Gasteiger partial charge is 0.410 e. The molecule has 8 heteroatoms. The Kier molecular flexibility index (Phi) is 4.79. The van der Waals surface area contributed by atoms with E-state index >= 15 is 0 Å². The Morgan fingerprint density at radius 3 is 2.96 bits per heavy atom. The second-order valence-corrected chi connectivity index (χ2v) is 6.82. The fraction of sp³-hybridized carbons (Fsp3) is 0.474. The molecule has 1 fully saturated rings. The third-order valence-electron chi connectivity index (χ3n) is 5.14. The molecule has 0 saturated carbocycles. The van der Waals surface area contributed by atoms with E-state index in [1.807, 2.05) is 12.1 Å². The Balaban J connectivity index is 1.51. The van der Waals surface area contributed by atoms with Crippen LogP contribution in [0.2, 0.25) is 0 Å². The van der Waals surface area contributed by atoms with Gasteiger partial charge in [0.1, 0.15) is 17.5 Å². The number of nitrogens with zero attached hydrogens (tertiary/aromatic N) is 4. The molecule has 0 aromatic carbocycles. The van der Waals surface area contributed by atoms with E-state index < -0.39 is 12.1 Å². The minimum Gasteiger partial charge on any atom is -0.453 e.